The molecule has 0 N–H and O–H groups in total. The Bertz CT molecular complexity index is 1430. The number of rotatable bonds is 8. The number of alkyl halides is 3. The molecule has 0 bridgehead atoms. The summed E-state index contributed by atoms with van der Waals surface area (Å²) < 4.78 is 55.1. The Kier molecular flexibility index (Phi) is 7.40. The van der Waals surface area contributed by atoms with Crippen molar-refractivity contribution in [2.45, 2.75) is 38.9 Å². The van der Waals surface area contributed by atoms with E-state index in [9.17, 15) is 18.8 Å². The molecule has 1 unspecified atom stereocenters. The van der Waals surface area contributed by atoms with Gasteiger partial charge >= 0.3 is 0 Å². The highest BCUT2D eigenvalue weighted by Gasteiger charge is 2.35. The predicted molar refractivity (Wildman–Crippen MR) is 125 cm³/mol. The summed E-state index contributed by atoms with van der Waals surface area (Å²) in [5, 5.41) is 16.5. The van der Waals surface area contributed by atoms with Gasteiger partial charge in [-0.05, 0) is 43.7 Å². The van der Waals surface area contributed by atoms with Crippen molar-refractivity contribution in [3.05, 3.63) is 80.6 Å². The fourth-order valence-corrected chi connectivity index (χ4v) is 3.34. The van der Waals surface area contributed by atoms with Crippen LogP contribution in [0.3, 0.4) is 0 Å². The van der Waals surface area contributed by atoms with Crippen molar-refractivity contribution in [1.29, 1.82) is 5.26 Å². The van der Waals surface area contributed by atoms with Gasteiger partial charge in [-0.1, -0.05) is 18.2 Å². The summed E-state index contributed by atoms with van der Waals surface area (Å²) in [5.41, 5.74) is -3.81. The number of hydrogen-bond donors (Lipinski definition) is 0. The average molecular weight is 520 g/mol. The van der Waals surface area contributed by atoms with Crippen molar-refractivity contribution in [2.75, 3.05) is 7.11 Å². The van der Waals surface area contributed by atoms with E-state index in [0.717, 1.165) is 17.0 Å². The second-order valence-corrected chi connectivity index (χ2v) is 8.62. The summed E-state index contributed by atoms with van der Waals surface area (Å²) in [6.45, 7) is 6.54. The lowest BCUT2D eigenvalue weighted by atomic mass is 9.96. The van der Waals surface area contributed by atoms with Gasteiger partial charge in [-0.25, -0.2) is 9.37 Å². The minimum atomic E-state index is -3.29. The smallest absolute Gasteiger partial charge is 0.297 e. The van der Waals surface area contributed by atoms with E-state index in [1.807, 2.05) is 6.07 Å². The second kappa shape index (κ2) is 9.99. The van der Waals surface area contributed by atoms with Gasteiger partial charge in [0, 0.05) is 17.5 Å². The molecule has 0 saturated carbocycles. The summed E-state index contributed by atoms with van der Waals surface area (Å²) in [4.78, 5) is 17.6. The lowest BCUT2D eigenvalue weighted by Crippen LogP contribution is -2.29. The third-order valence-electron chi connectivity index (χ3n) is 5.28. The van der Waals surface area contributed by atoms with Crippen LogP contribution in [0.5, 0.6) is 17.4 Å². The van der Waals surface area contributed by atoms with Gasteiger partial charge in [0.2, 0.25) is 11.6 Å². The molecule has 0 aliphatic rings. The first-order valence-electron chi connectivity index (χ1n) is 10.4. The number of benzene rings is 1. The molecule has 0 radical (unpaired) electrons. The third-order valence-corrected chi connectivity index (χ3v) is 5.50. The zero-order valence-corrected chi connectivity index (χ0v) is 20.5. The van der Waals surface area contributed by atoms with Crippen LogP contribution in [0.25, 0.3) is 0 Å². The van der Waals surface area contributed by atoms with E-state index >= 15 is 4.39 Å². The number of aromatic nitrogens is 4. The van der Waals surface area contributed by atoms with Gasteiger partial charge in [0.25, 0.3) is 11.5 Å². The monoisotopic (exact) mass is 519 g/mol. The van der Waals surface area contributed by atoms with Gasteiger partial charge in [-0.2, -0.15) is 14.0 Å². The first-order chi connectivity index (χ1) is 16.8. The van der Waals surface area contributed by atoms with Crippen LogP contribution in [0.4, 0.5) is 13.2 Å². The molecule has 0 aliphatic heterocycles. The van der Waals surface area contributed by atoms with Crippen LogP contribution >= 0.6 is 11.6 Å². The summed E-state index contributed by atoms with van der Waals surface area (Å²) in [6, 6.07) is 6.99. The number of halogens is 4. The maximum atomic E-state index is 15.6. The molecule has 0 aliphatic carbocycles. The topological polar surface area (TPSA) is 103 Å². The molecule has 36 heavy (non-hydrogen) atoms. The van der Waals surface area contributed by atoms with Crippen LogP contribution in [0.1, 0.15) is 43.3 Å². The second-order valence-electron chi connectivity index (χ2n) is 8.18. The highest BCUT2D eigenvalue weighted by molar-refractivity contribution is 6.30. The molecule has 0 saturated heterocycles. The van der Waals surface area contributed by atoms with E-state index in [4.69, 9.17) is 21.1 Å². The van der Waals surface area contributed by atoms with Crippen molar-refractivity contribution in [3.8, 4) is 23.4 Å². The average Bonchev–Trinajstić information content (AvgIpc) is 2.80. The van der Waals surface area contributed by atoms with Crippen LogP contribution in [0.15, 0.2) is 47.5 Å². The summed E-state index contributed by atoms with van der Waals surface area (Å²) >= 11 is 6.03. The molecule has 12 heteroatoms. The highest BCUT2D eigenvalue weighted by atomic mass is 35.5. The first kappa shape index (κ1) is 26.7. The summed E-state index contributed by atoms with van der Waals surface area (Å²) in [5.74, 6) is -3.89. The number of nitrogens with zero attached hydrogens (tertiary/aromatic N) is 5. The van der Waals surface area contributed by atoms with Crippen LogP contribution in [-0.4, -0.2) is 26.9 Å². The van der Waals surface area contributed by atoms with Crippen LogP contribution in [0.2, 0.25) is 5.02 Å². The van der Waals surface area contributed by atoms with E-state index in [-0.39, 0.29) is 45.6 Å². The van der Waals surface area contributed by atoms with Crippen LogP contribution < -0.4 is 15.0 Å². The molecule has 3 aromatic rings. The maximum Gasteiger partial charge on any atom is 0.297 e. The summed E-state index contributed by atoms with van der Waals surface area (Å²) in [7, 11) is 1.27. The van der Waals surface area contributed by atoms with Gasteiger partial charge in [0.1, 0.15) is 17.1 Å². The molecule has 1 atom stereocenters. The maximum absolute atomic E-state index is 15.6. The molecule has 188 valence electrons. The Hall–Kier alpha value is -3.91. The zero-order valence-electron chi connectivity index (χ0n) is 19.8. The Morgan fingerprint density at radius 2 is 1.92 bits per heavy atom. The molecule has 2 aromatic heterocycles. The molecule has 3 rings (SSSR count). The highest BCUT2D eigenvalue weighted by Crippen LogP contribution is 2.37. The third kappa shape index (κ3) is 5.49. The molecule has 8 nitrogen and oxygen atoms in total. The van der Waals surface area contributed by atoms with Crippen molar-refractivity contribution < 1.29 is 22.6 Å². The molecule has 0 amide bonds. The lowest BCUT2D eigenvalue weighted by Gasteiger charge is -2.23. The number of hydrogen-bond acceptors (Lipinski definition) is 7. The molecular formula is C24H21ClF3N5O3. The number of allylic oxidation sites excluding steroid dienone is 1. The normalized spacial score (nSPS) is 13.0. The van der Waals surface area contributed by atoms with E-state index in [1.165, 1.54) is 39.2 Å². The number of nitriles is 1. The predicted octanol–water partition coefficient (Wildman–Crippen LogP) is 5.28. The largest absolute Gasteiger partial charge is 0.480 e. The summed E-state index contributed by atoms with van der Waals surface area (Å²) in [6.07, 6.45) is 1.05. The Morgan fingerprint density at radius 3 is 2.50 bits per heavy atom. The lowest BCUT2D eigenvalue weighted by molar-refractivity contribution is 0.0115. The zero-order chi connectivity index (χ0) is 26.8. The fourth-order valence-electron chi connectivity index (χ4n) is 3.12. The van der Waals surface area contributed by atoms with Crippen LogP contribution in [0, 0.1) is 11.3 Å². The SMILES string of the molecule is C=C(C)C(C)(F)c1ncn(Cc2cc(C(C)(F)F)nnc2OC)c(=O)c1Oc1cc(Cl)cc(C#N)c1. The van der Waals surface area contributed by atoms with E-state index in [0.29, 0.717) is 6.92 Å². The molecule has 2 heterocycles. The molecule has 0 fully saturated rings. The van der Waals surface area contributed by atoms with Crippen molar-refractivity contribution in [3.63, 3.8) is 0 Å². The Balaban J connectivity index is 2.19. The fraction of sp³-hybridized carbons (Fsp3) is 0.292. The van der Waals surface area contributed by atoms with Gasteiger partial charge < -0.3 is 9.47 Å². The number of ether oxygens (including phenoxy) is 2. The standard InChI is InChI=1S/C24H21ClF3N5O3/c1-13(2)23(3,26)20-19(36-17-7-14(10-29)6-16(25)9-17)22(34)33(12-30-20)11-15-8-18(24(4,27)28)31-32-21(15)35-5/h6-9,12H,1,11H2,2-5H3. The minimum Gasteiger partial charge on any atom is -0.480 e. The Morgan fingerprint density at radius 1 is 1.22 bits per heavy atom. The van der Waals surface area contributed by atoms with Gasteiger partial charge in [-0.3, -0.25) is 9.36 Å². The van der Waals surface area contributed by atoms with Gasteiger partial charge in [0.15, 0.2) is 5.67 Å². The van der Waals surface area contributed by atoms with E-state index < -0.39 is 28.6 Å². The van der Waals surface area contributed by atoms with Crippen molar-refractivity contribution in [1.82, 2.24) is 19.7 Å². The molecular weight excluding hydrogens is 499 g/mol. The molecule has 0 spiro atoms. The first-order valence-corrected chi connectivity index (χ1v) is 10.8. The number of methoxy groups -OCH3 is 1. The van der Waals surface area contributed by atoms with E-state index in [1.54, 1.807) is 0 Å². The van der Waals surface area contributed by atoms with Gasteiger partial charge in [0.05, 0.1) is 31.6 Å². The quantitative estimate of drug-likeness (QED) is 0.373. The van der Waals surface area contributed by atoms with E-state index in [2.05, 4.69) is 21.8 Å². The molecule has 1 aromatic carbocycles. The Labute approximate surface area is 209 Å². The van der Waals surface area contributed by atoms with Crippen LogP contribution in [-0.2, 0) is 18.1 Å². The minimum absolute atomic E-state index is 0.00876. The van der Waals surface area contributed by atoms with Gasteiger partial charge in [-0.15, -0.1) is 10.2 Å². The van der Waals surface area contributed by atoms with Crippen molar-refractivity contribution >= 4 is 11.6 Å². The van der Waals surface area contributed by atoms with Crippen molar-refractivity contribution in [2.24, 2.45) is 0 Å².